The van der Waals surface area contributed by atoms with Gasteiger partial charge in [0.25, 0.3) is 11.6 Å². The molecule has 0 saturated heterocycles. The molecule has 0 fully saturated rings. The Morgan fingerprint density at radius 3 is 2.67 bits per heavy atom. The van der Waals surface area contributed by atoms with Crippen molar-refractivity contribution in [1.82, 2.24) is 10.1 Å². The van der Waals surface area contributed by atoms with Crippen molar-refractivity contribution in [2.75, 3.05) is 11.9 Å². The van der Waals surface area contributed by atoms with E-state index in [1.54, 1.807) is 19.9 Å². The SMILES string of the molecule is CC[C@@H](C)N(CC(=O)Nc1cc(C)on1)C(=O)c1ccc(Cl)c([N+](=O)[O-])c1. The Morgan fingerprint density at radius 2 is 2.11 bits per heavy atom. The minimum Gasteiger partial charge on any atom is -0.360 e. The van der Waals surface area contributed by atoms with Gasteiger partial charge in [0, 0.05) is 23.7 Å². The van der Waals surface area contributed by atoms with Crippen LogP contribution in [0, 0.1) is 17.0 Å². The molecule has 0 saturated carbocycles. The van der Waals surface area contributed by atoms with E-state index in [-0.39, 0.29) is 34.7 Å². The minimum absolute atomic E-state index is 0.0641. The molecule has 1 atom stereocenters. The molecule has 0 radical (unpaired) electrons. The van der Waals surface area contributed by atoms with Crippen LogP contribution in [0.2, 0.25) is 5.02 Å². The number of anilines is 1. The molecule has 0 bridgehead atoms. The second kappa shape index (κ2) is 8.63. The molecule has 1 heterocycles. The summed E-state index contributed by atoms with van der Waals surface area (Å²) in [5.41, 5.74) is -0.286. The zero-order chi connectivity index (χ0) is 20.1. The third kappa shape index (κ3) is 5.04. The van der Waals surface area contributed by atoms with Gasteiger partial charge < -0.3 is 14.7 Å². The van der Waals surface area contributed by atoms with E-state index in [2.05, 4.69) is 10.5 Å². The van der Waals surface area contributed by atoms with Crippen molar-refractivity contribution >= 4 is 34.9 Å². The Balaban J connectivity index is 2.22. The molecule has 1 aromatic heterocycles. The molecule has 0 aliphatic heterocycles. The van der Waals surface area contributed by atoms with Crippen molar-refractivity contribution in [2.45, 2.75) is 33.2 Å². The summed E-state index contributed by atoms with van der Waals surface area (Å²) in [6, 6.07) is 5.08. The molecule has 0 aliphatic rings. The topological polar surface area (TPSA) is 119 Å². The van der Waals surface area contributed by atoms with Crippen LogP contribution in [0.4, 0.5) is 11.5 Å². The van der Waals surface area contributed by atoms with Crippen LogP contribution in [0.5, 0.6) is 0 Å². The van der Waals surface area contributed by atoms with E-state index in [4.69, 9.17) is 16.1 Å². The molecule has 0 aliphatic carbocycles. The van der Waals surface area contributed by atoms with Crippen LogP contribution >= 0.6 is 11.6 Å². The maximum absolute atomic E-state index is 12.9. The molecule has 144 valence electrons. The monoisotopic (exact) mass is 394 g/mol. The number of aromatic nitrogens is 1. The molecular formula is C17H19ClN4O5. The number of hydrogen-bond donors (Lipinski definition) is 1. The van der Waals surface area contributed by atoms with E-state index < -0.39 is 16.7 Å². The van der Waals surface area contributed by atoms with Crippen molar-refractivity contribution < 1.29 is 19.0 Å². The average molecular weight is 395 g/mol. The fraction of sp³-hybridized carbons (Fsp3) is 0.353. The summed E-state index contributed by atoms with van der Waals surface area (Å²) < 4.78 is 4.88. The molecule has 9 nitrogen and oxygen atoms in total. The number of hydrogen-bond acceptors (Lipinski definition) is 6. The summed E-state index contributed by atoms with van der Waals surface area (Å²) >= 11 is 5.80. The van der Waals surface area contributed by atoms with Gasteiger partial charge in [0.1, 0.15) is 17.3 Å². The first kappa shape index (κ1) is 20.4. The first-order chi connectivity index (χ1) is 12.7. The highest BCUT2D eigenvalue weighted by molar-refractivity contribution is 6.32. The number of nitrogens with zero attached hydrogens (tertiary/aromatic N) is 3. The Bertz CT molecular complexity index is 867. The van der Waals surface area contributed by atoms with E-state index in [1.165, 1.54) is 17.0 Å². The van der Waals surface area contributed by atoms with Gasteiger partial charge in [-0.05, 0) is 32.4 Å². The van der Waals surface area contributed by atoms with Crippen LogP contribution < -0.4 is 5.32 Å². The minimum atomic E-state index is -0.660. The third-order valence-electron chi connectivity index (χ3n) is 3.98. The van der Waals surface area contributed by atoms with Crippen LogP contribution in [0.3, 0.4) is 0 Å². The first-order valence-electron chi connectivity index (χ1n) is 8.21. The molecule has 2 amide bonds. The predicted molar refractivity (Wildman–Crippen MR) is 98.8 cm³/mol. The lowest BCUT2D eigenvalue weighted by Crippen LogP contribution is -2.43. The second-order valence-electron chi connectivity index (χ2n) is 5.98. The van der Waals surface area contributed by atoms with Gasteiger partial charge in [-0.3, -0.25) is 19.7 Å². The zero-order valence-corrected chi connectivity index (χ0v) is 15.8. The average Bonchev–Trinajstić information content (AvgIpc) is 3.03. The fourth-order valence-corrected chi connectivity index (χ4v) is 2.55. The highest BCUT2D eigenvalue weighted by Crippen LogP contribution is 2.26. The van der Waals surface area contributed by atoms with Crippen LogP contribution in [0.25, 0.3) is 0 Å². The van der Waals surface area contributed by atoms with Crippen LogP contribution in [-0.4, -0.2) is 39.4 Å². The van der Waals surface area contributed by atoms with Crippen molar-refractivity contribution in [2.24, 2.45) is 0 Å². The molecule has 1 N–H and O–H groups in total. The van der Waals surface area contributed by atoms with Crippen molar-refractivity contribution in [3.05, 3.63) is 50.7 Å². The Hall–Kier alpha value is -2.94. The number of halogens is 1. The van der Waals surface area contributed by atoms with E-state index in [0.717, 1.165) is 6.07 Å². The number of nitrogens with one attached hydrogen (secondary N) is 1. The van der Waals surface area contributed by atoms with Gasteiger partial charge in [0.15, 0.2) is 5.82 Å². The van der Waals surface area contributed by atoms with E-state index in [0.29, 0.717) is 12.2 Å². The van der Waals surface area contributed by atoms with Gasteiger partial charge in [-0.25, -0.2) is 0 Å². The summed E-state index contributed by atoms with van der Waals surface area (Å²) in [7, 11) is 0. The van der Waals surface area contributed by atoms with Gasteiger partial charge in [-0.2, -0.15) is 0 Å². The second-order valence-corrected chi connectivity index (χ2v) is 6.39. The van der Waals surface area contributed by atoms with Crippen molar-refractivity contribution in [3.63, 3.8) is 0 Å². The number of carbonyl (C=O) groups excluding carboxylic acids is 2. The molecule has 10 heteroatoms. The maximum atomic E-state index is 12.9. The number of rotatable bonds is 7. The highest BCUT2D eigenvalue weighted by Gasteiger charge is 2.25. The first-order valence-corrected chi connectivity index (χ1v) is 8.58. The summed E-state index contributed by atoms with van der Waals surface area (Å²) in [5.74, 6) is -0.180. The lowest BCUT2D eigenvalue weighted by Gasteiger charge is -2.28. The number of benzene rings is 1. The van der Waals surface area contributed by atoms with Gasteiger partial charge in [-0.15, -0.1) is 0 Å². The summed E-state index contributed by atoms with van der Waals surface area (Å²) in [6.07, 6.45) is 0.595. The normalized spacial score (nSPS) is 11.7. The number of amides is 2. The summed E-state index contributed by atoms with van der Waals surface area (Å²) in [5, 5.41) is 17.2. The smallest absolute Gasteiger partial charge is 0.288 e. The van der Waals surface area contributed by atoms with Crippen molar-refractivity contribution in [3.8, 4) is 0 Å². The molecule has 27 heavy (non-hydrogen) atoms. The largest absolute Gasteiger partial charge is 0.360 e. The summed E-state index contributed by atoms with van der Waals surface area (Å²) in [4.78, 5) is 36.9. The predicted octanol–water partition coefficient (Wildman–Crippen LogP) is 3.42. The number of carbonyl (C=O) groups is 2. The van der Waals surface area contributed by atoms with Crippen LogP contribution in [0.1, 0.15) is 36.4 Å². The van der Waals surface area contributed by atoms with Gasteiger partial charge >= 0.3 is 0 Å². The van der Waals surface area contributed by atoms with Crippen LogP contribution in [0.15, 0.2) is 28.8 Å². The molecular weight excluding hydrogens is 376 g/mol. The highest BCUT2D eigenvalue weighted by atomic mass is 35.5. The molecule has 2 aromatic rings. The standard InChI is InChI=1S/C17H19ClN4O5/c1-4-10(2)21(9-16(23)19-15-7-11(3)27-20-15)17(24)12-5-6-13(18)14(8-12)22(25)26/h5-8,10H,4,9H2,1-3H3,(H,19,20,23)/t10-/m1/s1. The van der Waals surface area contributed by atoms with Gasteiger partial charge in [-0.1, -0.05) is 23.7 Å². The number of aryl methyl sites for hydroxylation is 1. The molecule has 2 rings (SSSR count). The lowest BCUT2D eigenvalue weighted by molar-refractivity contribution is -0.384. The molecule has 0 unspecified atom stereocenters. The zero-order valence-electron chi connectivity index (χ0n) is 15.1. The van der Waals surface area contributed by atoms with E-state index in [1.807, 2.05) is 6.92 Å². The fourth-order valence-electron chi connectivity index (χ4n) is 2.36. The maximum Gasteiger partial charge on any atom is 0.288 e. The Morgan fingerprint density at radius 1 is 1.41 bits per heavy atom. The van der Waals surface area contributed by atoms with Gasteiger partial charge in [0.05, 0.1) is 4.92 Å². The summed E-state index contributed by atoms with van der Waals surface area (Å²) in [6.45, 7) is 5.10. The quantitative estimate of drug-likeness (QED) is 0.567. The number of nitro groups is 1. The van der Waals surface area contributed by atoms with Crippen LogP contribution in [-0.2, 0) is 4.79 Å². The Labute approximate surface area is 160 Å². The Kier molecular flexibility index (Phi) is 6.51. The number of nitro benzene ring substituents is 1. The molecule has 1 aromatic carbocycles. The molecule has 0 spiro atoms. The van der Waals surface area contributed by atoms with Gasteiger partial charge in [0.2, 0.25) is 5.91 Å². The van der Waals surface area contributed by atoms with Crippen molar-refractivity contribution in [1.29, 1.82) is 0 Å². The van der Waals surface area contributed by atoms with E-state index in [9.17, 15) is 19.7 Å². The third-order valence-corrected chi connectivity index (χ3v) is 4.30. The lowest BCUT2D eigenvalue weighted by atomic mass is 10.1. The van der Waals surface area contributed by atoms with E-state index >= 15 is 0 Å².